The van der Waals surface area contributed by atoms with E-state index in [1.165, 1.54) is 30.5 Å². The molecule has 0 radical (unpaired) electrons. The molecule has 24 heavy (non-hydrogen) atoms. The number of anilines is 1. The number of aromatic carboxylic acids is 1. The molecule has 0 atom stereocenters. The second-order valence-electron chi connectivity index (χ2n) is 5.74. The minimum absolute atomic E-state index is 0.188. The fraction of sp³-hybridized carbons (Fsp3) is 0.316. The zero-order valence-electron chi connectivity index (χ0n) is 13.7. The highest BCUT2D eigenvalue weighted by atomic mass is 16.5. The molecular weight excluding hydrogens is 306 g/mol. The number of methoxy groups -OCH3 is 1. The van der Waals surface area contributed by atoms with Gasteiger partial charge in [0.25, 0.3) is 0 Å². The van der Waals surface area contributed by atoms with E-state index in [4.69, 9.17) is 14.6 Å². The maximum atomic E-state index is 11.0. The number of para-hydroxylation sites is 1. The van der Waals surface area contributed by atoms with Crippen LogP contribution in [0.25, 0.3) is 0 Å². The van der Waals surface area contributed by atoms with Crippen molar-refractivity contribution in [2.24, 2.45) is 0 Å². The molecule has 5 nitrogen and oxygen atoms in total. The van der Waals surface area contributed by atoms with Gasteiger partial charge in [-0.2, -0.15) is 0 Å². The maximum absolute atomic E-state index is 11.0. The van der Waals surface area contributed by atoms with E-state index >= 15 is 0 Å². The van der Waals surface area contributed by atoms with Gasteiger partial charge in [-0.3, -0.25) is 0 Å². The van der Waals surface area contributed by atoms with Gasteiger partial charge >= 0.3 is 5.97 Å². The normalized spacial score (nSPS) is 12.8. The van der Waals surface area contributed by atoms with Gasteiger partial charge in [0.2, 0.25) is 0 Å². The first-order valence-electron chi connectivity index (χ1n) is 8.06. The van der Waals surface area contributed by atoms with Crippen molar-refractivity contribution in [3.8, 4) is 11.5 Å². The van der Waals surface area contributed by atoms with Crippen molar-refractivity contribution in [2.45, 2.75) is 12.8 Å². The van der Waals surface area contributed by atoms with Crippen LogP contribution in [-0.4, -0.2) is 37.9 Å². The smallest absolute Gasteiger partial charge is 0.335 e. The van der Waals surface area contributed by atoms with Crippen LogP contribution in [0.5, 0.6) is 11.5 Å². The summed E-state index contributed by atoms with van der Waals surface area (Å²) in [4.78, 5) is 13.4. The van der Waals surface area contributed by atoms with E-state index in [0.29, 0.717) is 18.1 Å². The standard InChI is InChI=1S/C19H21NO4/c1-23-18-13-15(19(21)22)7-8-17(18)24-12-4-10-20-11-9-14-5-2-3-6-16(14)20/h2-3,5-8,13H,4,9-12H2,1H3,(H,21,22). The number of carbonyl (C=O) groups is 1. The van der Waals surface area contributed by atoms with Gasteiger partial charge in [0.15, 0.2) is 11.5 Å². The first-order valence-corrected chi connectivity index (χ1v) is 8.06. The Balaban J connectivity index is 1.53. The lowest BCUT2D eigenvalue weighted by atomic mass is 10.2. The molecule has 0 fully saturated rings. The molecule has 5 heteroatoms. The number of ether oxygens (including phenoxy) is 2. The average Bonchev–Trinajstić information content (AvgIpc) is 3.02. The third-order valence-corrected chi connectivity index (χ3v) is 4.22. The maximum Gasteiger partial charge on any atom is 0.335 e. The summed E-state index contributed by atoms with van der Waals surface area (Å²) in [5.74, 6) is 0.0401. The van der Waals surface area contributed by atoms with E-state index in [1.54, 1.807) is 6.07 Å². The molecule has 0 saturated carbocycles. The van der Waals surface area contributed by atoms with Crippen LogP contribution in [0.15, 0.2) is 42.5 Å². The predicted molar refractivity (Wildman–Crippen MR) is 92.4 cm³/mol. The molecule has 1 aliphatic heterocycles. The van der Waals surface area contributed by atoms with Crippen LogP contribution in [0.2, 0.25) is 0 Å². The number of hydrogen-bond acceptors (Lipinski definition) is 4. The van der Waals surface area contributed by atoms with Gasteiger partial charge in [0, 0.05) is 18.8 Å². The SMILES string of the molecule is COc1cc(C(=O)O)ccc1OCCCN1CCc2ccccc21. The Morgan fingerprint density at radius 2 is 2.04 bits per heavy atom. The Morgan fingerprint density at radius 1 is 1.21 bits per heavy atom. The molecule has 2 aromatic rings. The van der Waals surface area contributed by atoms with E-state index in [-0.39, 0.29) is 5.56 Å². The van der Waals surface area contributed by atoms with E-state index in [0.717, 1.165) is 25.9 Å². The molecule has 2 aromatic carbocycles. The van der Waals surface area contributed by atoms with Crippen LogP contribution < -0.4 is 14.4 Å². The quantitative estimate of drug-likeness (QED) is 0.791. The lowest BCUT2D eigenvalue weighted by molar-refractivity contribution is 0.0696. The first-order chi connectivity index (χ1) is 11.7. The highest BCUT2D eigenvalue weighted by molar-refractivity contribution is 5.88. The number of carboxylic acid groups (broad SMARTS) is 1. The summed E-state index contributed by atoms with van der Waals surface area (Å²) in [5, 5.41) is 9.01. The average molecular weight is 327 g/mol. The zero-order valence-corrected chi connectivity index (χ0v) is 13.7. The number of rotatable bonds is 7. The number of fused-ring (bicyclic) bond motifs is 1. The summed E-state index contributed by atoms with van der Waals surface area (Å²) in [6.07, 6.45) is 1.99. The first kappa shape index (κ1) is 16.2. The Morgan fingerprint density at radius 3 is 2.83 bits per heavy atom. The Labute approximate surface area is 141 Å². The van der Waals surface area contributed by atoms with Gasteiger partial charge in [-0.25, -0.2) is 4.79 Å². The molecule has 0 amide bonds. The summed E-state index contributed by atoms with van der Waals surface area (Å²) >= 11 is 0. The van der Waals surface area contributed by atoms with Crippen molar-refractivity contribution < 1.29 is 19.4 Å². The number of benzene rings is 2. The van der Waals surface area contributed by atoms with E-state index in [1.807, 2.05) is 0 Å². The van der Waals surface area contributed by atoms with Gasteiger partial charge in [0.05, 0.1) is 19.3 Å². The fourth-order valence-corrected chi connectivity index (χ4v) is 3.00. The molecule has 0 bridgehead atoms. The minimum Gasteiger partial charge on any atom is -0.493 e. The van der Waals surface area contributed by atoms with Gasteiger partial charge in [0.1, 0.15) is 0 Å². The lowest BCUT2D eigenvalue weighted by Gasteiger charge is -2.19. The zero-order chi connectivity index (χ0) is 16.9. The molecule has 0 spiro atoms. The Kier molecular flexibility index (Phi) is 4.89. The molecule has 0 aromatic heterocycles. The number of nitrogens with zero attached hydrogens (tertiary/aromatic N) is 1. The van der Waals surface area contributed by atoms with Gasteiger partial charge in [-0.15, -0.1) is 0 Å². The van der Waals surface area contributed by atoms with Crippen molar-refractivity contribution in [2.75, 3.05) is 31.7 Å². The van der Waals surface area contributed by atoms with Crippen molar-refractivity contribution >= 4 is 11.7 Å². The van der Waals surface area contributed by atoms with Gasteiger partial charge in [-0.05, 0) is 42.7 Å². The highest BCUT2D eigenvalue weighted by Gasteiger charge is 2.17. The van der Waals surface area contributed by atoms with Crippen LogP contribution in [0, 0.1) is 0 Å². The van der Waals surface area contributed by atoms with Crippen LogP contribution in [0.4, 0.5) is 5.69 Å². The lowest BCUT2D eigenvalue weighted by Crippen LogP contribution is -2.23. The molecule has 3 rings (SSSR count). The van der Waals surface area contributed by atoms with E-state index < -0.39 is 5.97 Å². The van der Waals surface area contributed by atoms with Crippen LogP contribution in [-0.2, 0) is 6.42 Å². The van der Waals surface area contributed by atoms with Gasteiger partial charge in [-0.1, -0.05) is 18.2 Å². The third-order valence-electron chi connectivity index (χ3n) is 4.22. The van der Waals surface area contributed by atoms with Gasteiger partial charge < -0.3 is 19.5 Å². The molecule has 0 unspecified atom stereocenters. The van der Waals surface area contributed by atoms with E-state index in [9.17, 15) is 4.79 Å². The predicted octanol–water partition coefficient (Wildman–Crippen LogP) is 3.23. The van der Waals surface area contributed by atoms with E-state index in [2.05, 4.69) is 29.2 Å². The summed E-state index contributed by atoms with van der Waals surface area (Å²) in [5.41, 5.74) is 2.91. The summed E-state index contributed by atoms with van der Waals surface area (Å²) < 4.78 is 11.0. The number of hydrogen-bond donors (Lipinski definition) is 1. The second-order valence-corrected chi connectivity index (χ2v) is 5.74. The van der Waals surface area contributed by atoms with Crippen molar-refractivity contribution in [1.29, 1.82) is 0 Å². The molecule has 126 valence electrons. The monoisotopic (exact) mass is 327 g/mol. The van der Waals surface area contributed by atoms with Crippen molar-refractivity contribution in [1.82, 2.24) is 0 Å². The molecule has 0 aliphatic carbocycles. The Hall–Kier alpha value is -2.69. The summed E-state index contributed by atoms with van der Waals surface area (Å²) in [6.45, 7) is 2.55. The fourth-order valence-electron chi connectivity index (χ4n) is 3.00. The van der Waals surface area contributed by atoms with Crippen LogP contribution >= 0.6 is 0 Å². The van der Waals surface area contributed by atoms with Crippen molar-refractivity contribution in [3.05, 3.63) is 53.6 Å². The summed E-state index contributed by atoms with van der Waals surface area (Å²) in [7, 11) is 1.51. The second kappa shape index (κ2) is 7.25. The van der Waals surface area contributed by atoms with Crippen LogP contribution in [0.1, 0.15) is 22.3 Å². The highest BCUT2D eigenvalue weighted by Crippen LogP contribution is 2.29. The molecule has 1 aliphatic rings. The molecular formula is C19H21NO4. The Bertz CT molecular complexity index is 729. The molecule has 1 N–H and O–H groups in total. The van der Waals surface area contributed by atoms with Crippen molar-refractivity contribution in [3.63, 3.8) is 0 Å². The number of carboxylic acids is 1. The van der Waals surface area contributed by atoms with Crippen LogP contribution in [0.3, 0.4) is 0 Å². The minimum atomic E-state index is -0.979. The molecule has 0 saturated heterocycles. The molecule has 1 heterocycles. The summed E-state index contributed by atoms with van der Waals surface area (Å²) in [6, 6.07) is 13.2. The largest absolute Gasteiger partial charge is 0.493 e. The third kappa shape index (κ3) is 3.45. The topological polar surface area (TPSA) is 59.0 Å².